The van der Waals surface area contributed by atoms with Gasteiger partial charge in [-0.3, -0.25) is 9.59 Å². The van der Waals surface area contributed by atoms with Crippen molar-refractivity contribution in [3.05, 3.63) is 56.4 Å². The van der Waals surface area contributed by atoms with E-state index in [1.54, 1.807) is 18.2 Å². The number of hydrogen-bond acceptors (Lipinski definition) is 3. The molecule has 1 aromatic carbocycles. The highest BCUT2D eigenvalue weighted by Crippen LogP contribution is 2.29. The largest absolute Gasteiger partial charge is 0.319 e. The van der Waals surface area contributed by atoms with Crippen LogP contribution in [0.4, 0.5) is 5.69 Å². The summed E-state index contributed by atoms with van der Waals surface area (Å²) in [5, 5.41) is 7.32. The number of carbonyl (C=O) groups is 1. The maximum atomic E-state index is 12.2. The third-order valence-electron chi connectivity index (χ3n) is 3.02. The fourth-order valence-electron chi connectivity index (χ4n) is 1.82. The smallest absolute Gasteiger partial charge is 0.276 e. The predicted octanol–water partition coefficient (Wildman–Crippen LogP) is 3.60. The molecule has 0 fully saturated rings. The van der Waals surface area contributed by atoms with E-state index < -0.39 is 5.91 Å². The molecule has 22 heavy (non-hydrogen) atoms. The number of aromatic nitrogens is 2. The second-order valence-electron chi connectivity index (χ2n) is 4.69. The number of amides is 1. The average Bonchev–Trinajstić information content (AvgIpc) is 2.51. The first-order valence-electron chi connectivity index (χ1n) is 6.86. The lowest BCUT2D eigenvalue weighted by atomic mass is 10.3. The highest BCUT2D eigenvalue weighted by molar-refractivity contribution is 6.44. The van der Waals surface area contributed by atoms with Gasteiger partial charge in [0.25, 0.3) is 11.5 Å². The van der Waals surface area contributed by atoms with E-state index in [9.17, 15) is 9.59 Å². The van der Waals surface area contributed by atoms with Crippen molar-refractivity contribution in [3.8, 4) is 0 Å². The summed E-state index contributed by atoms with van der Waals surface area (Å²) in [7, 11) is 0. The van der Waals surface area contributed by atoms with Crippen molar-refractivity contribution in [3.63, 3.8) is 0 Å². The van der Waals surface area contributed by atoms with Gasteiger partial charge in [-0.2, -0.15) is 5.10 Å². The topological polar surface area (TPSA) is 64.0 Å². The standard InChI is InChI=1S/C15H15Cl2N3O2/c1-2-3-9-20-13(21)8-7-12(19-20)15(22)18-11-6-4-5-10(16)14(11)17/h4-8H,2-3,9H2,1H3,(H,18,22). The Hall–Kier alpha value is -1.85. The highest BCUT2D eigenvalue weighted by atomic mass is 35.5. The van der Waals surface area contributed by atoms with Gasteiger partial charge in [-0.05, 0) is 24.6 Å². The number of anilines is 1. The number of rotatable bonds is 5. The monoisotopic (exact) mass is 339 g/mol. The number of halogens is 2. The van der Waals surface area contributed by atoms with Gasteiger partial charge in [0.15, 0.2) is 0 Å². The fraction of sp³-hybridized carbons (Fsp3) is 0.267. The predicted molar refractivity (Wildman–Crippen MR) is 87.8 cm³/mol. The van der Waals surface area contributed by atoms with Gasteiger partial charge in [0, 0.05) is 12.6 Å². The molecule has 1 heterocycles. The van der Waals surface area contributed by atoms with Gasteiger partial charge in [0.1, 0.15) is 5.69 Å². The summed E-state index contributed by atoms with van der Waals surface area (Å²) in [4.78, 5) is 23.9. The molecule has 1 aromatic heterocycles. The maximum absolute atomic E-state index is 12.2. The number of unbranched alkanes of at least 4 members (excludes halogenated alkanes) is 1. The molecule has 0 bridgehead atoms. The molecule has 0 aliphatic carbocycles. The van der Waals surface area contributed by atoms with Crippen molar-refractivity contribution in [1.82, 2.24) is 9.78 Å². The number of benzene rings is 1. The summed E-state index contributed by atoms with van der Waals surface area (Å²) in [5.41, 5.74) is 0.310. The number of aryl methyl sites for hydroxylation is 1. The molecular formula is C15H15Cl2N3O2. The average molecular weight is 340 g/mol. The summed E-state index contributed by atoms with van der Waals surface area (Å²) < 4.78 is 1.29. The van der Waals surface area contributed by atoms with Crippen molar-refractivity contribution in [2.24, 2.45) is 0 Å². The van der Waals surface area contributed by atoms with E-state index in [4.69, 9.17) is 23.2 Å². The zero-order valence-corrected chi connectivity index (χ0v) is 13.5. The summed E-state index contributed by atoms with van der Waals surface area (Å²) in [5.74, 6) is -0.450. The van der Waals surface area contributed by atoms with E-state index >= 15 is 0 Å². The molecule has 7 heteroatoms. The molecule has 2 rings (SSSR count). The van der Waals surface area contributed by atoms with Crippen LogP contribution in [0.25, 0.3) is 0 Å². The molecule has 1 N–H and O–H groups in total. The Kier molecular flexibility index (Phi) is 5.57. The lowest BCUT2D eigenvalue weighted by Gasteiger charge is -2.09. The van der Waals surface area contributed by atoms with Gasteiger partial charge in [-0.1, -0.05) is 42.6 Å². The minimum absolute atomic E-state index is 0.145. The Labute approximate surface area is 137 Å². The van der Waals surface area contributed by atoms with Crippen LogP contribution in [0.5, 0.6) is 0 Å². The molecule has 0 unspecified atom stereocenters. The third-order valence-corrected chi connectivity index (χ3v) is 3.84. The Bertz CT molecular complexity index is 744. The summed E-state index contributed by atoms with van der Waals surface area (Å²) in [6.45, 7) is 2.50. The van der Waals surface area contributed by atoms with Crippen LogP contribution in [-0.4, -0.2) is 15.7 Å². The van der Waals surface area contributed by atoms with Crippen molar-refractivity contribution < 1.29 is 4.79 Å². The first-order valence-corrected chi connectivity index (χ1v) is 7.62. The first kappa shape index (κ1) is 16.5. The van der Waals surface area contributed by atoms with E-state index in [0.29, 0.717) is 17.3 Å². The number of carbonyl (C=O) groups excluding carboxylic acids is 1. The lowest BCUT2D eigenvalue weighted by Crippen LogP contribution is -2.26. The fourth-order valence-corrected chi connectivity index (χ4v) is 2.17. The number of hydrogen-bond donors (Lipinski definition) is 1. The molecule has 0 aliphatic rings. The minimum atomic E-state index is -0.450. The maximum Gasteiger partial charge on any atom is 0.276 e. The zero-order chi connectivity index (χ0) is 16.1. The Balaban J connectivity index is 2.22. The van der Waals surface area contributed by atoms with Crippen molar-refractivity contribution >= 4 is 34.8 Å². The van der Waals surface area contributed by atoms with E-state index in [1.807, 2.05) is 6.92 Å². The van der Waals surface area contributed by atoms with Crippen LogP contribution >= 0.6 is 23.2 Å². The Morgan fingerprint density at radius 2 is 2.05 bits per heavy atom. The second kappa shape index (κ2) is 7.42. The van der Waals surface area contributed by atoms with Crippen LogP contribution in [0.3, 0.4) is 0 Å². The van der Waals surface area contributed by atoms with Crippen LogP contribution in [0, 0.1) is 0 Å². The van der Waals surface area contributed by atoms with Crippen LogP contribution < -0.4 is 10.9 Å². The van der Waals surface area contributed by atoms with E-state index in [1.165, 1.54) is 16.8 Å². The van der Waals surface area contributed by atoms with Gasteiger partial charge in [-0.25, -0.2) is 4.68 Å². The van der Waals surface area contributed by atoms with E-state index in [2.05, 4.69) is 10.4 Å². The van der Waals surface area contributed by atoms with Gasteiger partial charge >= 0.3 is 0 Å². The summed E-state index contributed by atoms with van der Waals surface area (Å²) in [6, 6.07) is 7.66. The van der Waals surface area contributed by atoms with Gasteiger partial charge < -0.3 is 5.32 Å². The molecular weight excluding hydrogens is 325 g/mol. The third kappa shape index (κ3) is 3.87. The number of nitrogens with zero attached hydrogens (tertiary/aromatic N) is 2. The lowest BCUT2D eigenvalue weighted by molar-refractivity contribution is 0.102. The SMILES string of the molecule is CCCCn1nc(C(=O)Nc2cccc(Cl)c2Cl)ccc1=O. The normalized spacial score (nSPS) is 10.5. The molecule has 0 atom stereocenters. The minimum Gasteiger partial charge on any atom is -0.319 e. The quantitative estimate of drug-likeness (QED) is 0.904. The van der Waals surface area contributed by atoms with Crippen molar-refractivity contribution in [1.29, 1.82) is 0 Å². The van der Waals surface area contributed by atoms with Crippen LogP contribution in [0.15, 0.2) is 35.1 Å². The Morgan fingerprint density at radius 1 is 1.27 bits per heavy atom. The summed E-state index contributed by atoms with van der Waals surface area (Å²) in [6.07, 6.45) is 1.75. The summed E-state index contributed by atoms with van der Waals surface area (Å²) >= 11 is 11.9. The Morgan fingerprint density at radius 3 is 2.77 bits per heavy atom. The molecule has 0 spiro atoms. The molecule has 0 aliphatic heterocycles. The highest BCUT2D eigenvalue weighted by Gasteiger charge is 2.12. The van der Waals surface area contributed by atoms with Gasteiger partial charge in [0.2, 0.25) is 0 Å². The van der Waals surface area contributed by atoms with Gasteiger partial charge in [0.05, 0.1) is 15.7 Å². The molecule has 0 saturated heterocycles. The molecule has 0 radical (unpaired) electrons. The van der Waals surface area contributed by atoms with Crippen molar-refractivity contribution in [2.45, 2.75) is 26.3 Å². The number of nitrogens with one attached hydrogen (secondary N) is 1. The molecule has 5 nitrogen and oxygen atoms in total. The molecule has 2 aromatic rings. The zero-order valence-electron chi connectivity index (χ0n) is 12.0. The van der Waals surface area contributed by atoms with Crippen LogP contribution in [-0.2, 0) is 6.54 Å². The van der Waals surface area contributed by atoms with Crippen LogP contribution in [0.2, 0.25) is 10.0 Å². The second-order valence-corrected chi connectivity index (χ2v) is 5.47. The van der Waals surface area contributed by atoms with Crippen LogP contribution in [0.1, 0.15) is 30.3 Å². The van der Waals surface area contributed by atoms with Gasteiger partial charge in [-0.15, -0.1) is 0 Å². The first-order chi connectivity index (χ1) is 10.5. The molecule has 0 saturated carbocycles. The molecule has 116 valence electrons. The molecule has 1 amide bonds. The van der Waals surface area contributed by atoms with E-state index in [0.717, 1.165) is 12.8 Å². The van der Waals surface area contributed by atoms with E-state index in [-0.39, 0.29) is 16.3 Å². The van der Waals surface area contributed by atoms with Crippen molar-refractivity contribution in [2.75, 3.05) is 5.32 Å².